The molecule has 2 heteroatoms. The van der Waals surface area contributed by atoms with Crippen LogP contribution in [0.5, 0.6) is 0 Å². The van der Waals surface area contributed by atoms with E-state index >= 15 is 0 Å². The molecule has 1 radical (unpaired) electrons. The topological polar surface area (TPSA) is 6.48 Å². The molecular weight excluding hydrogens is 244 g/mol. The van der Waals surface area contributed by atoms with Gasteiger partial charge in [0.05, 0.1) is 0 Å². The van der Waals surface area contributed by atoms with E-state index in [0.29, 0.717) is 0 Å². The number of hydrogen-bond acceptors (Lipinski definition) is 2. The van der Waals surface area contributed by atoms with Crippen molar-refractivity contribution in [3.05, 3.63) is 65.2 Å². The molecule has 2 aromatic rings. The van der Waals surface area contributed by atoms with Crippen LogP contribution in [0.15, 0.2) is 42.5 Å². The maximum absolute atomic E-state index is 3.16. The van der Waals surface area contributed by atoms with E-state index in [2.05, 4.69) is 80.5 Å². The summed E-state index contributed by atoms with van der Waals surface area (Å²) in [6.45, 7) is 0.983. The molecule has 0 fully saturated rings. The molecule has 2 nitrogen and oxygen atoms in total. The van der Waals surface area contributed by atoms with Crippen molar-refractivity contribution in [2.24, 2.45) is 0 Å². The molecule has 0 unspecified atom stereocenters. The van der Waals surface area contributed by atoms with Gasteiger partial charge in [-0.3, -0.25) is 0 Å². The lowest BCUT2D eigenvalue weighted by Gasteiger charge is -2.17. The van der Waals surface area contributed by atoms with Crippen LogP contribution in [0.25, 0.3) is 0 Å². The highest BCUT2D eigenvalue weighted by atomic mass is 15.1. The molecule has 0 aliphatic carbocycles. The van der Waals surface area contributed by atoms with Crippen molar-refractivity contribution in [1.29, 1.82) is 0 Å². The summed E-state index contributed by atoms with van der Waals surface area (Å²) in [5.41, 5.74) is 5.31. The van der Waals surface area contributed by atoms with E-state index in [0.717, 1.165) is 13.0 Å². The molecule has 0 aliphatic rings. The molecule has 0 bridgehead atoms. The van der Waals surface area contributed by atoms with Crippen molar-refractivity contribution in [3.63, 3.8) is 0 Å². The number of hydrogen-bond donors (Lipinski definition) is 0. The summed E-state index contributed by atoms with van der Waals surface area (Å²) in [6, 6.07) is 18.2. The minimum Gasteiger partial charge on any atom is -0.377 e. The molecule has 0 atom stereocenters. The minimum atomic E-state index is 0.962. The maximum atomic E-state index is 3.16. The first kappa shape index (κ1) is 14.6. The van der Waals surface area contributed by atoms with Gasteiger partial charge in [-0.05, 0) is 49.3 Å². The third kappa shape index (κ3) is 3.84. The van der Waals surface area contributed by atoms with Crippen molar-refractivity contribution >= 4 is 5.69 Å². The van der Waals surface area contributed by atoms with Gasteiger partial charge in [-0.15, -0.1) is 0 Å². The van der Waals surface area contributed by atoms with Crippen LogP contribution in [-0.2, 0) is 13.0 Å². The lowest BCUT2D eigenvalue weighted by molar-refractivity contribution is 0.402. The summed E-state index contributed by atoms with van der Waals surface area (Å²) in [4.78, 5) is 4.34. The fourth-order valence-electron chi connectivity index (χ4n) is 2.44. The van der Waals surface area contributed by atoms with Gasteiger partial charge in [0.1, 0.15) is 0 Å². The Balaban J connectivity index is 2.22. The van der Waals surface area contributed by atoms with Gasteiger partial charge >= 0.3 is 0 Å². The highest BCUT2D eigenvalue weighted by molar-refractivity contribution is 5.53. The van der Waals surface area contributed by atoms with E-state index in [4.69, 9.17) is 0 Å². The van der Waals surface area contributed by atoms with E-state index < -0.39 is 0 Å². The third-order valence-corrected chi connectivity index (χ3v) is 3.30. The predicted molar refractivity (Wildman–Crippen MR) is 86.2 cm³/mol. The monoisotopic (exact) mass is 267 g/mol. The molecule has 20 heavy (non-hydrogen) atoms. The van der Waals surface area contributed by atoms with E-state index in [9.17, 15) is 0 Å². The number of rotatable bonds is 5. The molecule has 0 saturated heterocycles. The second kappa shape index (κ2) is 6.58. The molecule has 0 amide bonds. The molecule has 105 valence electrons. The van der Waals surface area contributed by atoms with Crippen LogP contribution in [0.2, 0.25) is 0 Å². The average molecular weight is 267 g/mol. The van der Waals surface area contributed by atoms with E-state index in [1.807, 2.05) is 6.07 Å². The average Bonchev–Trinajstić information content (AvgIpc) is 2.38. The highest BCUT2D eigenvalue weighted by Crippen LogP contribution is 2.21. The standard InChI is InChI=1S/C18H23N2/c1-19(2)14-16-9-7-8-15(12-16)13-17-10-5-6-11-18(17)20(3)4/h5,7-12H,13-14H2,1-4H3. The van der Waals surface area contributed by atoms with Crippen molar-refractivity contribution in [1.82, 2.24) is 4.90 Å². The van der Waals surface area contributed by atoms with Gasteiger partial charge < -0.3 is 9.80 Å². The molecular formula is C18H23N2. The van der Waals surface area contributed by atoms with Crippen molar-refractivity contribution in [3.8, 4) is 0 Å². The zero-order valence-corrected chi connectivity index (χ0v) is 12.9. The first-order valence-corrected chi connectivity index (χ1v) is 6.95. The summed E-state index contributed by atoms with van der Waals surface area (Å²) in [5, 5.41) is 0. The minimum absolute atomic E-state index is 0.962. The highest BCUT2D eigenvalue weighted by Gasteiger charge is 2.05. The Morgan fingerprint density at radius 2 is 1.75 bits per heavy atom. The summed E-state index contributed by atoms with van der Waals surface area (Å²) in [6.07, 6.45) is 0.962. The number of benzene rings is 2. The van der Waals surface area contributed by atoms with Crippen LogP contribution in [0, 0.1) is 6.07 Å². The Hall–Kier alpha value is -1.80. The van der Waals surface area contributed by atoms with Crippen molar-refractivity contribution in [2.45, 2.75) is 13.0 Å². The SMILES string of the molecule is CN(C)Cc1cccc(Cc2cc[c]cc2N(C)C)c1. The molecule has 2 rings (SSSR count). The molecule has 0 N–H and O–H groups in total. The molecule has 0 saturated carbocycles. The Labute approximate surface area is 122 Å². The molecule has 0 heterocycles. The summed E-state index contributed by atoms with van der Waals surface area (Å²) < 4.78 is 0. The van der Waals surface area contributed by atoms with Gasteiger partial charge in [-0.25, -0.2) is 0 Å². The lowest BCUT2D eigenvalue weighted by atomic mass is 10.0. The fraction of sp³-hybridized carbons (Fsp3) is 0.333. The zero-order chi connectivity index (χ0) is 14.5. The first-order chi connectivity index (χ1) is 9.56. The normalized spacial score (nSPS) is 10.8. The van der Waals surface area contributed by atoms with Gasteiger partial charge in [0, 0.05) is 26.3 Å². The van der Waals surface area contributed by atoms with Gasteiger partial charge in [-0.2, -0.15) is 0 Å². The van der Waals surface area contributed by atoms with E-state index in [1.165, 1.54) is 22.4 Å². The van der Waals surface area contributed by atoms with Gasteiger partial charge in [0.25, 0.3) is 0 Å². The Morgan fingerprint density at radius 1 is 1.00 bits per heavy atom. The van der Waals surface area contributed by atoms with Crippen molar-refractivity contribution in [2.75, 3.05) is 33.1 Å². The smallest absolute Gasteiger partial charge is 0.0403 e. The third-order valence-electron chi connectivity index (χ3n) is 3.30. The van der Waals surface area contributed by atoms with Crippen LogP contribution >= 0.6 is 0 Å². The Bertz CT molecular complexity index is 559. The van der Waals surface area contributed by atoms with Crippen molar-refractivity contribution < 1.29 is 0 Å². The largest absolute Gasteiger partial charge is 0.377 e. The van der Waals surface area contributed by atoms with E-state index in [-0.39, 0.29) is 0 Å². The Morgan fingerprint density at radius 3 is 2.45 bits per heavy atom. The van der Waals surface area contributed by atoms with Gasteiger partial charge in [0.2, 0.25) is 0 Å². The van der Waals surface area contributed by atoms with E-state index in [1.54, 1.807) is 0 Å². The summed E-state index contributed by atoms with van der Waals surface area (Å²) in [7, 11) is 8.36. The zero-order valence-electron chi connectivity index (χ0n) is 12.9. The van der Waals surface area contributed by atoms with Gasteiger partial charge in [0.15, 0.2) is 0 Å². The van der Waals surface area contributed by atoms with Crippen LogP contribution in [0.3, 0.4) is 0 Å². The van der Waals surface area contributed by atoms with Gasteiger partial charge in [-0.1, -0.05) is 36.4 Å². The quantitative estimate of drug-likeness (QED) is 0.821. The number of nitrogens with zero attached hydrogens (tertiary/aromatic N) is 2. The fourth-order valence-corrected chi connectivity index (χ4v) is 2.44. The lowest BCUT2D eigenvalue weighted by Crippen LogP contribution is -2.12. The molecule has 2 aromatic carbocycles. The van der Waals surface area contributed by atoms with Crippen LogP contribution < -0.4 is 4.90 Å². The van der Waals surface area contributed by atoms with Crippen LogP contribution in [0.4, 0.5) is 5.69 Å². The Kier molecular flexibility index (Phi) is 4.80. The second-order valence-electron chi connectivity index (χ2n) is 5.68. The van der Waals surface area contributed by atoms with Crippen LogP contribution in [0.1, 0.15) is 16.7 Å². The number of anilines is 1. The predicted octanol–water partition coefficient (Wildman–Crippen LogP) is 3.21. The molecule has 0 aromatic heterocycles. The summed E-state index contributed by atoms with van der Waals surface area (Å²) in [5.74, 6) is 0. The maximum Gasteiger partial charge on any atom is 0.0403 e. The second-order valence-corrected chi connectivity index (χ2v) is 5.68. The van der Waals surface area contributed by atoms with Crippen LogP contribution in [-0.4, -0.2) is 33.1 Å². The molecule has 0 spiro atoms. The first-order valence-electron chi connectivity index (χ1n) is 6.95. The molecule has 0 aliphatic heterocycles. The summed E-state index contributed by atoms with van der Waals surface area (Å²) >= 11 is 0.